The average molecular weight is 331 g/mol. The number of carbonyl (C=O) groups is 2. The van der Waals surface area contributed by atoms with Crippen LogP contribution in [0.15, 0.2) is 6.20 Å². The second-order valence-corrected chi connectivity index (χ2v) is 6.04. The van der Waals surface area contributed by atoms with Gasteiger partial charge in [0.25, 0.3) is 5.91 Å². The number of aromatic nitrogens is 4. The zero-order chi connectivity index (χ0) is 17.3. The third-order valence-corrected chi connectivity index (χ3v) is 4.36. The number of carboxylic acid groups (broad SMARTS) is 1. The van der Waals surface area contributed by atoms with Gasteiger partial charge in [-0.05, 0) is 26.7 Å². The molecule has 8 heteroatoms. The number of anilines is 1. The Morgan fingerprint density at radius 3 is 2.88 bits per heavy atom. The summed E-state index contributed by atoms with van der Waals surface area (Å²) < 4.78 is 3.59. The maximum Gasteiger partial charge on any atom is 0.305 e. The van der Waals surface area contributed by atoms with Crippen molar-refractivity contribution in [3.63, 3.8) is 0 Å². The second-order valence-electron chi connectivity index (χ2n) is 6.04. The number of nitrogens with zero attached hydrogens (tertiary/aromatic N) is 4. The first-order chi connectivity index (χ1) is 11.5. The van der Waals surface area contributed by atoms with E-state index >= 15 is 0 Å². The van der Waals surface area contributed by atoms with Crippen LogP contribution in [-0.2, 0) is 24.3 Å². The molecule has 0 aromatic carbocycles. The van der Waals surface area contributed by atoms with E-state index in [2.05, 4.69) is 15.4 Å². The van der Waals surface area contributed by atoms with Crippen molar-refractivity contribution in [3.05, 3.63) is 29.1 Å². The highest BCUT2D eigenvalue weighted by molar-refractivity contribution is 6.03. The van der Waals surface area contributed by atoms with Gasteiger partial charge in [0.15, 0.2) is 0 Å². The van der Waals surface area contributed by atoms with Crippen LogP contribution < -0.4 is 5.32 Å². The molecule has 128 valence electrons. The lowest BCUT2D eigenvalue weighted by atomic mass is 10.1. The van der Waals surface area contributed by atoms with Crippen molar-refractivity contribution in [2.45, 2.75) is 52.6 Å². The normalized spacial score (nSPS) is 13.6. The van der Waals surface area contributed by atoms with Crippen molar-refractivity contribution in [1.82, 2.24) is 19.3 Å². The predicted octanol–water partition coefficient (Wildman–Crippen LogP) is 1.76. The number of carboxylic acids is 1. The Bertz CT molecular complexity index is 790. The minimum Gasteiger partial charge on any atom is -0.481 e. The van der Waals surface area contributed by atoms with Gasteiger partial charge in [-0.15, -0.1) is 0 Å². The molecule has 1 aliphatic rings. The molecule has 0 unspecified atom stereocenters. The monoisotopic (exact) mass is 331 g/mol. The molecule has 2 aromatic rings. The molecular formula is C16H21N5O3. The molecule has 1 aliphatic heterocycles. The smallest absolute Gasteiger partial charge is 0.305 e. The molecule has 2 N–H and O–H groups in total. The van der Waals surface area contributed by atoms with Gasteiger partial charge in [-0.25, -0.2) is 4.98 Å². The standard InChI is InChI=1S/C16H21N5O3/c1-10-15(11(2)21(19-10)8-6-14(22)23)18-16(24)12-9-17-13-5-3-4-7-20(12)13/h9H,3-8H2,1-2H3,(H,18,24)(H,22,23). The van der Waals surface area contributed by atoms with Gasteiger partial charge >= 0.3 is 5.97 Å². The number of carbonyl (C=O) groups excluding carboxylic acids is 1. The summed E-state index contributed by atoms with van der Waals surface area (Å²) >= 11 is 0. The van der Waals surface area contributed by atoms with Crippen LogP contribution >= 0.6 is 0 Å². The van der Waals surface area contributed by atoms with E-state index in [0.717, 1.165) is 37.3 Å². The summed E-state index contributed by atoms with van der Waals surface area (Å²) in [7, 11) is 0. The molecule has 0 aliphatic carbocycles. The van der Waals surface area contributed by atoms with Crippen LogP contribution in [0.25, 0.3) is 0 Å². The summed E-state index contributed by atoms with van der Waals surface area (Å²) in [6.07, 6.45) is 4.67. The maximum atomic E-state index is 12.6. The minimum absolute atomic E-state index is 0.00846. The Hall–Kier alpha value is -2.64. The van der Waals surface area contributed by atoms with Gasteiger partial charge in [0.05, 0.1) is 36.2 Å². The Labute approximate surface area is 139 Å². The van der Waals surface area contributed by atoms with Gasteiger partial charge in [0.2, 0.25) is 0 Å². The summed E-state index contributed by atoms with van der Waals surface area (Å²) in [5, 5.41) is 16.0. The number of rotatable bonds is 5. The van der Waals surface area contributed by atoms with Crippen molar-refractivity contribution >= 4 is 17.6 Å². The second kappa shape index (κ2) is 6.46. The van der Waals surface area contributed by atoms with Gasteiger partial charge < -0.3 is 15.0 Å². The molecule has 24 heavy (non-hydrogen) atoms. The molecular weight excluding hydrogens is 310 g/mol. The topological polar surface area (TPSA) is 102 Å². The van der Waals surface area contributed by atoms with E-state index in [-0.39, 0.29) is 18.9 Å². The lowest BCUT2D eigenvalue weighted by molar-refractivity contribution is -0.137. The van der Waals surface area contributed by atoms with Crippen LogP contribution in [0.1, 0.15) is 47.0 Å². The largest absolute Gasteiger partial charge is 0.481 e. The van der Waals surface area contributed by atoms with Crippen LogP contribution in [0.5, 0.6) is 0 Å². The number of aliphatic carboxylic acids is 1. The molecule has 8 nitrogen and oxygen atoms in total. The first-order valence-corrected chi connectivity index (χ1v) is 8.09. The third-order valence-electron chi connectivity index (χ3n) is 4.36. The number of hydrogen-bond donors (Lipinski definition) is 2. The number of aryl methyl sites for hydroxylation is 3. The van der Waals surface area contributed by atoms with Gasteiger partial charge in [-0.1, -0.05) is 0 Å². The lowest BCUT2D eigenvalue weighted by Crippen LogP contribution is -2.21. The van der Waals surface area contributed by atoms with Crippen LogP contribution in [0.3, 0.4) is 0 Å². The molecule has 0 saturated heterocycles. The highest BCUT2D eigenvalue weighted by Gasteiger charge is 2.21. The van der Waals surface area contributed by atoms with Gasteiger partial charge in [-0.2, -0.15) is 5.10 Å². The zero-order valence-corrected chi connectivity index (χ0v) is 13.9. The van der Waals surface area contributed by atoms with Crippen LogP contribution in [0.2, 0.25) is 0 Å². The number of imidazole rings is 1. The first-order valence-electron chi connectivity index (χ1n) is 8.09. The molecule has 1 amide bonds. The van der Waals surface area contributed by atoms with Gasteiger partial charge in [-0.3, -0.25) is 14.3 Å². The van der Waals surface area contributed by atoms with E-state index < -0.39 is 5.97 Å². The van der Waals surface area contributed by atoms with E-state index in [9.17, 15) is 9.59 Å². The Balaban J connectivity index is 1.79. The summed E-state index contributed by atoms with van der Waals surface area (Å²) in [6.45, 7) is 4.71. The van der Waals surface area contributed by atoms with E-state index in [4.69, 9.17) is 5.11 Å². The number of amides is 1. The summed E-state index contributed by atoms with van der Waals surface area (Å²) in [5.74, 6) is -0.129. The quantitative estimate of drug-likeness (QED) is 0.869. The number of nitrogens with one attached hydrogen (secondary N) is 1. The Kier molecular flexibility index (Phi) is 4.37. The van der Waals surface area contributed by atoms with E-state index in [1.54, 1.807) is 17.8 Å². The molecule has 0 saturated carbocycles. The van der Waals surface area contributed by atoms with Crippen LogP contribution in [0.4, 0.5) is 5.69 Å². The molecule has 0 radical (unpaired) electrons. The SMILES string of the molecule is Cc1nn(CCC(=O)O)c(C)c1NC(=O)c1cnc2n1CCCC2. The highest BCUT2D eigenvalue weighted by Crippen LogP contribution is 2.22. The fourth-order valence-electron chi connectivity index (χ4n) is 3.07. The van der Waals surface area contributed by atoms with E-state index in [0.29, 0.717) is 17.1 Å². The molecule has 3 heterocycles. The summed E-state index contributed by atoms with van der Waals surface area (Å²) in [5.41, 5.74) is 2.61. The van der Waals surface area contributed by atoms with Gasteiger partial charge in [0, 0.05) is 13.0 Å². The zero-order valence-electron chi connectivity index (χ0n) is 13.9. The summed E-state index contributed by atoms with van der Waals surface area (Å²) in [6, 6.07) is 0. The van der Waals surface area contributed by atoms with Crippen molar-refractivity contribution in [2.24, 2.45) is 0 Å². The Morgan fingerprint density at radius 2 is 2.12 bits per heavy atom. The number of fused-ring (bicyclic) bond motifs is 1. The molecule has 3 rings (SSSR count). The van der Waals surface area contributed by atoms with Crippen LogP contribution in [0, 0.1) is 13.8 Å². The van der Waals surface area contributed by atoms with Gasteiger partial charge in [0.1, 0.15) is 11.5 Å². The van der Waals surface area contributed by atoms with Crippen molar-refractivity contribution in [1.29, 1.82) is 0 Å². The van der Waals surface area contributed by atoms with Crippen molar-refractivity contribution < 1.29 is 14.7 Å². The molecule has 0 fully saturated rings. The molecule has 0 spiro atoms. The molecule has 0 bridgehead atoms. The highest BCUT2D eigenvalue weighted by atomic mass is 16.4. The Morgan fingerprint density at radius 1 is 1.33 bits per heavy atom. The number of hydrogen-bond acceptors (Lipinski definition) is 4. The fourth-order valence-corrected chi connectivity index (χ4v) is 3.07. The summed E-state index contributed by atoms with van der Waals surface area (Å²) in [4.78, 5) is 27.7. The minimum atomic E-state index is -0.876. The average Bonchev–Trinajstić information content (AvgIpc) is 3.09. The van der Waals surface area contributed by atoms with Crippen molar-refractivity contribution in [3.8, 4) is 0 Å². The lowest BCUT2D eigenvalue weighted by Gasteiger charge is -2.16. The van der Waals surface area contributed by atoms with E-state index in [1.807, 2.05) is 11.5 Å². The molecule has 2 aromatic heterocycles. The molecule has 0 atom stereocenters. The predicted molar refractivity (Wildman–Crippen MR) is 87.1 cm³/mol. The van der Waals surface area contributed by atoms with Crippen LogP contribution in [-0.4, -0.2) is 36.3 Å². The van der Waals surface area contributed by atoms with E-state index in [1.165, 1.54) is 0 Å². The first kappa shape index (κ1) is 16.2. The maximum absolute atomic E-state index is 12.6. The van der Waals surface area contributed by atoms with Crippen molar-refractivity contribution in [2.75, 3.05) is 5.32 Å². The fraction of sp³-hybridized carbons (Fsp3) is 0.500. The third kappa shape index (κ3) is 3.04.